The molecule has 19 heavy (non-hydrogen) atoms. The first kappa shape index (κ1) is 12.2. The third-order valence-electron chi connectivity index (χ3n) is 3.62. The van der Waals surface area contributed by atoms with E-state index in [2.05, 4.69) is 4.57 Å². The van der Waals surface area contributed by atoms with Gasteiger partial charge < -0.3 is 4.57 Å². The molecule has 5 heteroatoms. The molecule has 0 saturated heterocycles. The van der Waals surface area contributed by atoms with E-state index in [9.17, 15) is 10.1 Å². The lowest BCUT2D eigenvalue weighted by molar-refractivity contribution is -0.422. The number of hydrogen-bond donors (Lipinski definition) is 0. The van der Waals surface area contributed by atoms with Crippen molar-refractivity contribution in [2.75, 3.05) is 0 Å². The van der Waals surface area contributed by atoms with Gasteiger partial charge in [0.1, 0.15) is 0 Å². The van der Waals surface area contributed by atoms with E-state index in [1.54, 1.807) is 6.08 Å². The number of rotatable bonds is 2. The van der Waals surface area contributed by atoms with E-state index in [4.69, 9.17) is 11.6 Å². The van der Waals surface area contributed by atoms with E-state index in [1.807, 2.05) is 18.2 Å². The third kappa shape index (κ3) is 1.83. The van der Waals surface area contributed by atoms with E-state index in [0.29, 0.717) is 5.02 Å². The maximum atomic E-state index is 10.8. The van der Waals surface area contributed by atoms with Gasteiger partial charge >= 0.3 is 0 Å². The fraction of sp³-hybridized carbons (Fsp3) is 0.286. The van der Waals surface area contributed by atoms with Crippen molar-refractivity contribution in [2.24, 2.45) is 0 Å². The second kappa shape index (κ2) is 4.38. The van der Waals surface area contributed by atoms with Gasteiger partial charge in [0, 0.05) is 36.2 Å². The number of allylic oxidation sites excluding steroid dienone is 1. The van der Waals surface area contributed by atoms with Crippen LogP contribution in [0.25, 0.3) is 17.0 Å². The van der Waals surface area contributed by atoms with E-state index >= 15 is 0 Å². The predicted octanol–water partition coefficient (Wildman–Crippen LogP) is 3.88. The Morgan fingerprint density at radius 1 is 1.53 bits per heavy atom. The van der Waals surface area contributed by atoms with Gasteiger partial charge in [0.25, 0.3) is 0 Å². The van der Waals surface area contributed by atoms with E-state index in [1.165, 1.54) is 6.92 Å². The molecular weight excluding hydrogens is 264 g/mol. The third-order valence-corrected chi connectivity index (χ3v) is 3.94. The Morgan fingerprint density at radius 2 is 2.32 bits per heavy atom. The zero-order chi connectivity index (χ0) is 13.6. The average molecular weight is 277 g/mol. The monoisotopic (exact) mass is 276 g/mol. The molecule has 3 rings (SSSR count). The second-order valence-electron chi connectivity index (χ2n) is 4.79. The van der Waals surface area contributed by atoms with Crippen LogP contribution in [0, 0.1) is 10.1 Å². The number of hydrogen-bond acceptors (Lipinski definition) is 2. The number of aryl methyl sites for hydroxylation is 1. The Bertz CT molecular complexity index is 716. The SMILES string of the molecule is C/C(=C\c1c2n(c3cccc(Cl)c13)CCC2)[N+](=O)[O-]. The first-order valence-corrected chi connectivity index (χ1v) is 6.59. The fourth-order valence-electron chi connectivity index (χ4n) is 2.79. The van der Waals surface area contributed by atoms with Crippen LogP contribution >= 0.6 is 11.6 Å². The average Bonchev–Trinajstić information content (AvgIpc) is 2.93. The molecule has 0 amide bonds. The van der Waals surface area contributed by atoms with Crippen molar-refractivity contribution in [2.45, 2.75) is 26.3 Å². The van der Waals surface area contributed by atoms with Gasteiger partial charge in [-0.25, -0.2) is 0 Å². The molecule has 2 aromatic rings. The largest absolute Gasteiger partial charge is 0.344 e. The lowest BCUT2D eigenvalue weighted by Crippen LogP contribution is -1.94. The molecule has 1 aliphatic rings. The molecule has 2 heterocycles. The molecule has 0 N–H and O–H groups in total. The Morgan fingerprint density at radius 3 is 3.05 bits per heavy atom. The van der Waals surface area contributed by atoms with Crippen LogP contribution in [0.1, 0.15) is 24.6 Å². The van der Waals surface area contributed by atoms with E-state index in [0.717, 1.165) is 41.5 Å². The minimum atomic E-state index is -0.359. The van der Waals surface area contributed by atoms with Crippen LogP contribution in [0.5, 0.6) is 0 Å². The van der Waals surface area contributed by atoms with Crippen molar-refractivity contribution in [3.63, 3.8) is 0 Å². The van der Waals surface area contributed by atoms with Crippen molar-refractivity contribution in [1.82, 2.24) is 4.57 Å². The summed E-state index contributed by atoms with van der Waals surface area (Å²) in [4.78, 5) is 10.5. The van der Waals surface area contributed by atoms with Gasteiger partial charge in [0.15, 0.2) is 0 Å². The standard InChI is InChI=1S/C14H13ClN2O2/c1-9(17(18)19)8-10-12-6-3-7-16(12)13-5-2-4-11(15)14(10)13/h2,4-5,8H,3,6-7H2,1H3/b9-8+. The zero-order valence-corrected chi connectivity index (χ0v) is 11.3. The summed E-state index contributed by atoms with van der Waals surface area (Å²) < 4.78 is 2.22. The molecule has 0 unspecified atom stereocenters. The second-order valence-corrected chi connectivity index (χ2v) is 5.20. The number of benzene rings is 1. The highest BCUT2D eigenvalue weighted by Gasteiger charge is 2.22. The van der Waals surface area contributed by atoms with Crippen molar-refractivity contribution in [3.05, 3.63) is 50.3 Å². The summed E-state index contributed by atoms with van der Waals surface area (Å²) in [6, 6.07) is 5.78. The molecule has 0 atom stereocenters. The van der Waals surface area contributed by atoms with Gasteiger partial charge in [-0.15, -0.1) is 0 Å². The number of nitrogens with zero attached hydrogens (tertiary/aromatic N) is 2. The maximum Gasteiger partial charge on any atom is 0.243 e. The molecule has 98 valence electrons. The lowest BCUT2D eigenvalue weighted by atomic mass is 10.1. The summed E-state index contributed by atoms with van der Waals surface area (Å²) in [5.41, 5.74) is 3.28. The molecule has 1 aromatic heterocycles. The minimum Gasteiger partial charge on any atom is -0.344 e. The number of halogens is 1. The Labute approximate surface area is 115 Å². The fourth-order valence-corrected chi connectivity index (χ4v) is 3.06. The number of fused-ring (bicyclic) bond motifs is 3. The van der Waals surface area contributed by atoms with E-state index in [-0.39, 0.29) is 10.6 Å². The maximum absolute atomic E-state index is 10.8. The zero-order valence-electron chi connectivity index (χ0n) is 10.5. The molecule has 1 aliphatic heterocycles. The molecule has 0 saturated carbocycles. The summed E-state index contributed by atoms with van der Waals surface area (Å²) >= 11 is 6.28. The summed E-state index contributed by atoms with van der Waals surface area (Å²) in [5.74, 6) is 0. The minimum absolute atomic E-state index is 0.141. The van der Waals surface area contributed by atoms with Gasteiger partial charge in [-0.1, -0.05) is 17.7 Å². The summed E-state index contributed by atoms with van der Waals surface area (Å²) in [6.45, 7) is 2.47. The number of nitro groups is 1. The van der Waals surface area contributed by atoms with Crippen LogP contribution < -0.4 is 0 Å². The van der Waals surface area contributed by atoms with Gasteiger partial charge in [0.2, 0.25) is 5.70 Å². The van der Waals surface area contributed by atoms with Crippen LogP contribution in [-0.2, 0) is 13.0 Å². The van der Waals surface area contributed by atoms with Crippen molar-refractivity contribution < 1.29 is 4.92 Å². The predicted molar refractivity (Wildman–Crippen MR) is 75.9 cm³/mol. The van der Waals surface area contributed by atoms with Crippen LogP contribution in [0.15, 0.2) is 23.9 Å². The van der Waals surface area contributed by atoms with E-state index < -0.39 is 0 Å². The lowest BCUT2D eigenvalue weighted by Gasteiger charge is -1.99. The highest BCUT2D eigenvalue weighted by atomic mass is 35.5. The smallest absolute Gasteiger partial charge is 0.243 e. The van der Waals surface area contributed by atoms with Gasteiger partial charge in [-0.2, -0.15) is 0 Å². The summed E-state index contributed by atoms with van der Waals surface area (Å²) in [7, 11) is 0. The summed E-state index contributed by atoms with van der Waals surface area (Å²) in [5, 5.41) is 12.4. The van der Waals surface area contributed by atoms with Gasteiger partial charge in [0.05, 0.1) is 15.5 Å². The van der Waals surface area contributed by atoms with Gasteiger partial charge in [-0.3, -0.25) is 10.1 Å². The normalized spacial score (nSPS) is 14.9. The topological polar surface area (TPSA) is 48.1 Å². The van der Waals surface area contributed by atoms with Crippen LogP contribution in [0.4, 0.5) is 0 Å². The van der Waals surface area contributed by atoms with Crippen molar-refractivity contribution >= 4 is 28.6 Å². The quantitative estimate of drug-likeness (QED) is 0.617. The van der Waals surface area contributed by atoms with Gasteiger partial charge in [-0.05, 0) is 25.0 Å². The van der Waals surface area contributed by atoms with Crippen LogP contribution in [0.2, 0.25) is 5.02 Å². The molecule has 4 nitrogen and oxygen atoms in total. The van der Waals surface area contributed by atoms with Crippen LogP contribution in [0.3, 0.4) is 0 Å². The Kier molecular flexibility index (Phi) is 2.82. The summed E-state index contributed by atoms with van der Waals surface area (Å²) in [6.07, 6.45) is 3.67. The van der Waals surface area contributed by atoms with Crippen molar-refractivity contribution in [1.29, 1.82) is 0 Å². The molecule has 0 spiro atoms. The number of aromatic nitrogens is 1. The Hall–Kier alpha value is -1.81. The first-order chi connectivity index (χ1) is 9.09. The Balaban J connectivity index is 2.35. The molecule has 0 radical (unpaired) electrons. The molecular formula is C14H13ClN2O2. The highest BCUT2D eigenvalue weighted by Crippen LogP contribution is 2.36. The molecule has 0 aliphatic carbocycles. The molecule has 0 fully saturated rings. The van der Waals surface area contributed by atoms with Crippen LogP contribution in [-0.4, -0.2) is 9.49 Å². The van der Waals surface area contributed by atoms with Crippen molar-refractivity contribution in [3.8, 4) is 0 Å². The molecule has 1 aromatic carbocycles. The first-order valence-electron chi connectivity index (χ1n) is 6.22. The highest BCUT2D eigenvalue weighted by molar-refractivity contribution is 6.36. The molecule has 0 bridgehead atoms.